The Balaban J connectivity index is 1.23. The van der Waals surface area contributed by atoms with Gasteiger partial charge in [0.1, 0.15) is 12.9 Å². The monoisotopic (exact) mass is 405 g/mol. The fourth-order valence-corrected chi connectivity index (χ4v) is 3.61. The number of aliphatic hydroxyl groups excluding tert-OH is 1. The van der Waals surface area contributed by atoms with Crippen LogP contribution in [-0.2, 0) is 17.9 Å². The summed E-state index contributed by atoms with van der Waals surface area (Å²) in [5.74, 6) is 0.348. The molecule has 2 N–H and O–H groups in total. The number of rotatable bonds is 6. The van der Waals surface area contributed by atoms with Crippen LogP contribution in [0.15, 0.2) is 43.0 Å². The SMILES string of the molecule is Cc1c(C(O)CNCc2cnn(-c3ccc4nncn4n3)c2)ccc2c1COC2=O. The maximum absolute atomic E-state index is 11.7. The molecule has 4 aromatic rings. The fraction of sp³-hybridized carbons (Fsp3) is 0.250. The van der Waals surface area contributed by atoms with Crippen LogP contribution in [0.25, 0.3) is 11.5 Å². The molecule has 0 spiro atoms. The molecule has 0 saturated carbocycles. The summed E-state index contributed by atoms with van der Waals surface area (Å²) < 4.78 is 8.34. The second-order valence-electron chi connectivity index (χ2n) is 7.15. The second kappa shape index (κ2) is 7.32. The van der Waals surface area contributed by atoms with Crippen LogP contribution >= 0.6 is 0 Å². The molecule has 4 heterocycles. The summed E-state index contributed by atoms with van der Waals surface area (Å²) in [6, 6.07) is 7.16. The van der Waals surface area contributed by atoms with Crippen LogP contribution in [0.1, 0.15) is 38.7 Å². The lowest BCUT2D eigenvalue weighted by molar-refractivity contribution is 0.0535. The Morgan fingerprint density at radius 1 is 1.30 bits per heavy atom. The van der Waals surface area contributed by atoms with E-state index in [0.717, 1.165) is 22.3 Å². The number of aliphatic hydroxyl groups is 1. The summed E-state index contributed by atoms with van der Waals surface area (Å²) in [5, 5.41) is 30.4. The van der Waals surface area contributed by atoms with Crippen molar-refractivity contribution in [2.75, 3.05) is 6.54 Å². The van der Waals surface area contributed by atoms with Crippen molar-refractivity contribution in [3.05, 3.63) is 70.8 Å². The number of cyclic esters (lactones) is 1. The highest BCUT2D eigenvalue weighted by molar-refractivity contribution is 5.93. The maximum Gasteiger partial charge on any atom is 0.338 e. The number of fused-ring (bicyclic) bond motifs is 2. The standard InChI is InChI=1S/C20H19N7O3/c1-12-14(2-3-15-16(12)10-30-20(15)29)17(28)8-21-6-13-7-23-26(9-13)19-5-4-18-24-22-11-27(18)25-19/h2-5,7,9,11,17,21,28H,6,8,10H2,1H3. The van der Waals surface area contributed by atoms with E-state index in [1.807, 2.05) is 25.3 Å². The summed E-state index contributed by atoms with van der Waals surface area (Å²) in [5.41, 5.74) is 4.76. The van der Waals surface area contributed by atoms with Crippen LogP contribution in [0.3, 0.4) is 0 Å². The van der Waals surface area contributed by atoms with Crippen LogP contribution in [0.5, 0.6) is 0 Å². The summed E-state index contributed by atoms with van der Waals surface area (Å²) >= 11 is 0. The zero-order valence-corrected chi connectivity index (χ0v) is 16.2. The van der Waals surface area contributed by atoms with E-state index in [0.29, 0.717) is 30.1 Å². The smallest absolute Gasteiger partial charge is 0.338 e. The molecule has 0 bridgehead atoms. The third-order valence-electron chi connectivity index (χ3n) is 5.25. The summed E-state index contributed by atoms with van der Waals surface area (Å²) in [4.78, 5) is 11.7. The van der Waals surface area contributed by atoms with Crippen molar-refractivity contribution in [3.63, 3.8) is 0 Å². The minimum Gasteiger partial charge on any atom is -0.457 e. The number of esters is 1. The molecule has 1 aliphatic heterocycles. The van der Waals surface area contributed by atoms with Crippen molar-refractivity contribution in [3.8, 4) is 5.82 Å². The minimum absolute atomic E-state index is 0.266. The molecule has 152 valence electrons. The first kappa shape index (κ1) is 18.4. The van der Waals surface area contributed by atoms with Crippen LogP contribution in [0, 0.1) is 6.92 Å². The highest BCUT2D eigenvalue weighted by atomic mass is 16.5. The van der Waals surface area contributed by atoms with Gasteiger partial charge < -0.3 is 15.2 Å². The average Bonchev–Trinajstić information content (AvgIpc) is 3.48. The van der Waals surface area contributed by atoms with Crippen molar-refractivity contribution >= 4 is 11.6 Å². The Labute approximate surface area is 171 Å². The van der Waals surface area contributed by atoms with Gasteiger partial charge in [0.05, 0.1) is 17.9 Å². The number of nitrogens with one attached hydrogen (secondary N) is 1. The van der Waals surface area contributed by atoms with Gasteiger partial charge in [0.2, 0.25) is 0 Å². The van der Waals surface area contributed by atoms with Gasteiger partial charge in [-0.15, -0.1) is 15.3 Å². The molecule has 0 radical (unpaired) electrons. The molecule has 10 heteroatoms. The molecule has 0 fully saturated rings. The molecular weight excluding hydrogens is 386 g/mol. The van der Waals surface area contributed by atoms with E-state index in [1.54, 1.807) is 27.5 Å². The molecule has 1 unspecified atom stereocenters. The first-order valence-electron chi connectivity index (χ1n) is 9.49. The van der Waals surface area contributed by atoms with Gasteiger partial charge in [-0.05, 0) is 36.2 Å². The molecule has 1 aliphatic rings. The number of nitrogens with zero attached hydrogens (tertiary/aromatic N) is 6. The number of hydrogen-bond donors (Lipinski definition) is 2. The van der Waals surface area contributed by atoms with E-state index in [-0.39, 0.29) is 12.6 Å². The zero-order valence-electron chi connectivity index (χ0n) is 16.2. The van der Waals surface area contributed by atoms with Gasteiger partial charge in [-0.25, -0.2) is 9.48 Å². The van der Waals surface area contributed by atoms with Crippen LogP contribution < -0.4 is 5.32 Å². The highest BCUT2D eigenvalue weighted by Crippen LogP contribution is 2.28. The van der Waals surface area contributed by atoms with Crippen LogP contribution in [0.4, 0.5) is 0 Å². The number of aromatic nitrogens is 6. The second-order valence-corrected chi connectivity index (χ2v) is 7.15. The Morgan fingerprint density at radius 2 is 2.20 bits per heavy atom. The van der Waals surface area contributed by atoms with Crippen molar-refractivity contribution in [2.45, 2.75) is 26.2 Å². The average molecular weight is 405 g/mol. The van der Waals surface area contributed by atoms with Crippen LogP contribution in [-0.4, -0.2) is 47.2 Å². The highest BCUT2D eigenvalue weighted by Gasteiger charge is 2.25. The molecule has 0 saturated heterocycles. The van der Waals surface area contributed by atoms with Gasteiger partial charge in [0.15, 0.2) is 11.5 Å². The van der Waals surface area contributed by atoms with E-state index >= 15 is 0 Å². The maximum atomic E-state index is 11.7. The lowest BCUT2D eigenvalue weighted by Crippen LogP contribution is -2.21. The van der Waals surface area contributed by atoms with Gasteiger partial charge in [-0.1, -0.05) is 6.07 Å². The quantitative estimate of drug-likeness (QED) is 0.458. The topological polar surface area (TPSA) is 119 Å². The number of carbonyl (C=O) groups is 1. The minimum atomic E-state index is -0.695. The Hall–Kier alpha value is -3.63. The van der Waals surface area contributed by atoms with Gasteiger partial charge in [0.25, 0.3) is 0 Å². The molecular formula is C20H19N7O3. The van der Waals surface area contributed by atoms with E-state index in [2.05, 4.69) is 25.7 Å². The Kier molecular flexibility index (Phi) is 4.49. The van der Waals surface area contributed by atoms with Gasteiger partial charge >= 0.3 is 5.97 Å². The van der Waals surface area contributed by atoms with Crippen molar-refractivity contribution in [1.82, 2.24) is 34.9 Å². The number of carbonyl (C=O) groups excluding carboxylic acids is 1. The number of hydrogen-bond acceptors (Lipinski definition) is 8. The van der Waals surface area contributed by atoms with Crippen molar-refractivity contribution in [1.29, 1.82) is 0 Å². The van der Waals surface area contributed by atoms with E-state index in [9.17, 15) is 9.90 Å². The van der Waals surface area contributed by atoms with Crippen LogP contribution in [0.2, 0.25) is 0 Å². The van der Waals surface area contributed by atoms with Crippen molar-refractivity contribution < 1.29 is 14.6 Å². The number of ether oxygens (including phenoxy) is 1. The molecule has 1 atom stereocenters. The first-order chi connectivity index (χ1) is 14.6. The summed E-state index contributed by atoms with van der Waals surface area (Å²) in [6.07, 6.45) is 4.47. The molecule has 1 aromatic carbocycles. The Morgan fingerprint density at radius 3 is 3.10 bits per heavy atom. The third kappa shape index (κ3) is 3.21. The van der Waals surface area contributed by atoms with E-state index in [1.165, 1.54) is 6.33 Å². The molecule has 30 heavy (non-hydrogen) atoms. The van der Waals surface area contributed by atoms with Gasteiger partial charge in [-0.2, -0.15) is 9.61 Å². The lowest BCUT2D eigenvalue weighted by atomic mass is 9.95. The van der Waals surface area contributed by atoms with Gasteiger partial charge in [0, 0.05) is 30.4 Å². The molecule has 0 aliphatic carbocycles. The predicted molar refractivity (Wildman–Crippen MR) is 105 cm³/mol. The fourth-order valence-electron chi connectivity index (χ4n) is 3.61. The normalized spacial score (nSPS) is 14.1. The van der Waals surface area contributed by atoms with Gasteiger partial charge in [-0.3, -0.25) is 0 Å². The zero-order chi connectivity index (χ0) is 20.7. The molecule has 3 aromatic heterocycles. The molecule has 10 nitrogen and oxygen atoms in total. The predicted octanol–water partition coefficient (Wildman–Crippen LogP) is 1.11. The van der Waals surface area contributed by atoms with E-state index in [4.69, 9.17) is 4.74 Å². The van der Waals surface area contributed by atoms with Crippen molar-refractivity contribution in [2.24, 2.45) is 0 Å². The molecule has 0 amide bonds. The van der Waals surface area contributed by atoms with E-state index < -0.39 is 6.10 Å². The molecule has 5 rings (SSSR count). The third-order valence-corrected chi connectivity index (χ3v) is 5.25. The Bertz CT molecular complexity index is 1250. The summed E-state index contributed by atoms with van der Waals surface area (Å²) in [6.45, 7) is 3.08. The summed E-state index contributed by atoms with van der Waals surface area (Å²) in [7, 11) is 0. The largest absolute Gasteiger partial charge is 0.457 e. The lowest BCUT2D eigenvalue weighted by Gasteiger charge is -2.16. The number of benzene rings is 1. The first-order valence-corrected chi connectivity index (χ1v) is 9.49.